The molecule has 0 aliphatic carbocycles. The van der Waals surface area contributed by atoms with Gasteiger partial charge in [0.25, 0.3) is 0 Å². The van der Waals surface area contributed by atoms with Crippen molar-refractivity contribution in [2.24, 2.45) is 11.1 Å². The third-order valence-electron chi connectivity index (χ3n) is 22.6. The summed E-state index contributed by atoms with van der Waals surface area (Å²) in [5.41, 5.74) is 16.9. The van der Waals surface area contributed by atoms with Gasteiger partial charge >= 0.3 is 0 Å². The number of likely N-dealkylation sites (N-methyl/N-ethyl adjacent to an activating group) is 2. The molecule has 0 radical (unpaired) electrons. The van der Waals surface area contributed by atoms with E-state index in [0.717, 1.165) is 79.3 Å². The van der Waals surface area contributed by atoms with Gasteiger partial charge in [-0.05, 0) is 140 Å². The van der Waals surface area contributed by atoms with Crippen LogP contribution in [-0.2, 0) is 60.2 Å². The number of aliphatic hydroxyl groups is 1. The molecule has 28 nitrogen and oxygen atoms in total. The fourth-order valence-electron chi connectivity index (χ4n) is 15.8. The third kappa shape index (κ3) is 18.0. The molecule has 6 saturated heterocycles. The summed E-state index contributed by atoms with van der Waals surface area (Å²) in [6.45, 7) is 7.89. The smallest absolute Gasteiger partial charge is 0.247 e. The highest BCUT2D eigenvalue weighted by atomic mass is 35.5. The molecule has 0 bridgehead atoms. The quantitative estimate of drug-likeness (QED) is 0.0399. The second-order valence-corrected chi connectivity index (χ2v) is 34.8. The van der Waals surface area contributed by atoms with E-state index in [4.69, 9.17) is 32.8 Å². The molecule has 0 saturated carbocycles. The number of hydrogen-bond donors (Lipinski definition) is 9. The maximum absolute atomic E-state index is 15.0. The van der Waals surface area contributed by atoms with E-state index in [9.17, 15) is 33.9 Å². The minimum absolute atomic E-state index is 0.0333. The number of amides is 6. The first-order chi connectivity index (χ1) is 53.7. The van der Waals surface area contributed by atoms with E-state index in [2.05, 4.69) is 46.8 Å². The first-order valence-electron chi connectivity index (χ1n) is 37.9. The molecule has 10 atom stereocenters. The Hall–Kier alpha value is -8.99. The zero-order valence-corrected chi connectivity index (χ0v) is 66.7. The van der Waals surface area contributed by atoms with Crippen molar-refractivity contribution >= 4 is 90.5 Å². The summed E-state index contributed by atoms with van der Waals surface area (Å²) in [5, 5.41) is 28.6. The van der Waals surface area contributed by atoms with Crippen molar-refractivity contribution < 1.29 is 55.4 Å². The minimum atomic E-state index is -4.63. The second-order valence-electron chi connectivity index (χ2n) is 29.5. The van der Waals surface area contributed by atoms with E-state index in [0.29, 0.717) is 35.2 Å². The van der Waals surface area contributed by atoms with Crippen LogP contribution in [0, 0.1) is 12.3 Å². The lowest BCUT2D eigenvalue weighted by atomic mass is 9.73. The number of anilines is 2. The number of pyridine rings is 1. The zero-order valence-electron chi connectivity index (χ0n) is 63.5. The zero-order chi connectivity index (χ0) is 79.8. The van der Waals surface area contributed by atoms with Gasteiger partial charge in [0, 0.05) is 73.9 Å². The number of rotatable bonds is 22. The largest absolute Gasteiger partial charge is 0.390 e. The number of nitrogens with two attached hydrogens (primary N) is 2. The van der Waals surface area contributed by atoms with Crippen LogP contribution in [0.3, 0.4) is 0 Å². The molecular weight excluding hydrogens is 1510 g/mol. The number of sulfonamides is 2. The van der Waals surface area contributed by atoms with Crippen LogP contribution in [0.25, 0.3) is 0 Å². The topological polar surface area (TPSA) is 379 Å². The van der Waals surface area contributed by atoms with E-state index in [1.165, 1.54) is 39.8 Å². The number of nitrogens with zero attached hydrogens (tertiary/aromatic N) is 8. The Kier molecular flexibility index (Phi) is 26.5. The monoisotopic (exact) mass is 1610 g/mol. The van der Waals surface area contributed by atoms with E-state index < -0.39 is 139 Å². The highest BCUT2D eigenvalue weighted by molar-refractivity contribution is 7.99. The van der Waals surface area contributed by atoms with Gasteiger partial charge in [-0.2, -0.15) is 8.61 Å². The van der Waals surface area contributed by atoms with Crippen molar-refractivity contribution in [3.05, 3.63) is 197 Å². The molecular formula is C80H99ClN16O12S3. The Balaban J connectivity index is 0.000000322. The van der Waals surface area contributed by atoms with Crippen molar-refractivity contribution in [1.29, 1.82) is 0 Å². The first-order valence-corrected chi connectivity index (χ1v) is 42.0. The number of halogens is 1. The average molecular weight is 1610 g/mol. The molecule has 112 heavy (non-hydrogen) atoms. The van der Waals surface area contributed by atoms with Crippen molar-refractivity contribution in [2.75, 3.05) is 70.6 Å². The number of nitrogen functional groups attached to an aromatic ring is 1. The Bertz CT molecular complexity index is 4460. The molecule has 5 aromatic carbocycles. The van der Waals surface area contributed by atoms with Crippen molar-refractivity contribution in [3.8, 4) is 0 Å². The number of hydrogen-bond acceptors (Lipinski definition) is 21. The van der Waals surface area contributed by atoms with Gasteiger partial charge in [0.05, 0.1) is 64.0 Å². The maximum atomic E-state index is 15.0. The van der Waals surface area contributed by atoms with Gasteiger partial charge in [0.2, 0.25) is 55.5 Å². The van der Waals surface area contributed by atoms with Gasteiger partial charge in [0.15, 0.2) is 5.82 Å². The van der Waals surface area contributed by atoms with Crippen LogP contribution in [0.5, 0.6) is 0 Å². The summed E-state index contributed by atoms with van der Waals surface area (Å²) in [5.74, 6) is -2.25. The fraction of sp³-hybridized carbons (Fsp3) is 0.438. The molecule has 2 aromatic heterocycles. The van der Waals surface area contributed by atoms with Crippen molar-refractivity contribution in [3.63, 3.8) is 0 Å². The Labute approximate surface area is 663 Å². The molecule has 13 rings (SSSR count). The van der Waals surface area contributed by atoms with Gasteiger partial charge in [-0.15, -0.1) is 0 Å². The van der Waals surface area contributed by atoms with Crippen LogP contribution < -0.4 is 48.3 Å². The number of aromatic nitrogens is 3. The van der Waals surface area contributed by atoms with Gasteiger partial charge in [0.1, 0.15) is 40.7 Å². The Morgan fingerprint density at radius 3 is 1.47 bits per heavy atom. The summed E-state index contributed by atoms with van der Waals surface area (Å²) in [6, 6.07) is 35.8. The van der Waals surface area contributed by atoms with Crippen LogP contribution in [0.4, 0.5) is 11.6 Å². The standard InChI is InChI=1S/C60H72N10O10S2.C20H27ClN6O2S/c1-39(61-3)55(71)63-49-37-67(34-32-45-28-30-51(69(45)59(49)75)57(73)65-53(41-18-9-5-10-19-41)42-20-11-6-12-21-42)81(77,78)47-26-17-27-48(36-47)82(79,80)68-35-33-46-29-31-52(70(46)60(76)50(38-68)64-56(72)40(2)62-4)58(74)66-54(43-22-13-7-14-23-43)44-24-15-8-16-25-44;1-11-19(30-14-3-6-24-17(23)15(14)21)26-13(9-28)18(25-11)27-7-4-20(5-8-27)10-29-12(2)16(20)22/h5-27,36,39-40,45-46,49-54,61-62H,28-35,37-38H2,1-4H3,(H,63,71)(H,64,72)(H,65,73)(H,66,74);3,6,12,16,28H,4-5,7-10,22H2,1-2H3,(H2,23,24). The summed E-state index contributed by atoms with van der Waals surface area (Å²) in [4.78, 5) is 105. The lowest BCUT2D eigenvalue weighted by Crippen LogP contribution is -2.62. The molecule has 596 valence electrons. The summed E-state index contributed by atoms with van der Waals surface area (Å²) < 4.78 is 68.0. The highest BCUT2D eigenvalue weighted by Crippen LogP contribution is 2.44. The number of carbonyl (C=O) groups is 6. The summed E-state index contributed by atoms with van der Waals surface area (Å²) >= 11 is 7.64. The van der Waals surface area contributed by atoms with Crippen LogP contribution in [0.1, 0.15) is 118 Å². The number of carbonyl (C=O) groups excluding carboxylic acids is 6. The summed E-state index contributed by atoms with van der Waals surface area (Å²) in [7, 11) is -6.13. The van der Waals surface area contributed by atoms with Gasteiger partial charge < -0.3 is 67.9 Å². The number of aliphatic hydroxyl groups excluding tert-OH is 1. The number of ether oxygens (including phenoxy) is 1. The van der Waals surface area contributed by atoms with Gasteiger partial charge in [-0.25, -0.2) is 31.8 Å². The predicted octanol–water partition coefficient (Wildman–Crippen LogP) is 5.58. The fourth-order valence-corrected chi connectivity index (χ4v) is 20.0. The van der Waals surface area contributed by atoms with Gasteiger partial charge in [-0.1, -0.05) is 151 Å². The molecule has 11 N–H and O–H groups in total. The number of fused-ring (bicyclic) bond motifs is 2. The maximum Gasteiger partial charge on any atom is 0.247 e. The lowest BCUT2D eigenvalue weighted by Gasteiger charge is -2.42. The summed E-state index contributed by atoms with van der Waals surface area (Å²) in [6.07, 6.45) is 5.11. The number of benzene rings is 5. The number of nitrogens with one attached hydrogen (secondary N) is 6. The van der Waals surface area contributed by atoms with E-state index in [1.54, 1.807) is 40.2 Å². The normalized spacial score (nSPS) is 22.8. The average Bonchev–Trinajstić information content (AvgIpc) is 0.993. The van der Waals surface area contributed by atoms with E-state index in [-0.39, 0.29) is 68.8 Å². The molecule has 6 aliphatic rings. The molecule has 10 unspecified atom stereocenters. The molecule has 32 heteroatoms. The molecule has 6 aliphatic heterocycles. The number of aryl methyl sites for hydroxylation is 1. The molecule has 6 fully saturated rings. The predicted molar refractivity (Wildman–Crippen MR) is 425 cm³/mol. The van der Waals surface area contributed by atoms with Crippen LogP contribution >= 0.6 is 23.4 Å². The van der Waals surface area contributed by atoms with Crippen LogP contribution in [0.15, 0.2) is 178 Å². The Morgan fingerprint density at radius 2 is 1.07 bits per heavy atom. The lowest BCUT2D eigenvalue weighted by molar-refractivity contribution is -0.144. The van der Waals surface area contributed by atoms with E-state index >= 15 is 16.8 Å². The van der Waals surface area contributed by atoms with Crippen molar-refractivity contribution in [1.82, 2.24) is 65.3 Å². The highest BCUT2D eigenvalue weighted by Gasteiger charge is 2.51. The third-order valence-corrected chi connectivity index (χ3v) is 28.0. The minimum Gasteiger partial charge on any atom is -0.390 e. The molecule has 7 aromatic rings. The van der Waals surface area contributed by atoms with Crippen LogP contribution in [0.2, 0.25) is 5.02 Å². The SMILES string of the molecule is CNC(C)C(=O)NC1CN(S(=O)(=O)c2cccc(S(=O)(=O)N3CCC4CCC(C(=O)NC(c5ccccc5)c5ccccc5)N4C(=O)C(NC(=O)C(C)NC)C3)c2)CCC2CCC(C(=O)NC(c3ccccc3)c3ccccc3)N2C1=O.Cc1nc(N2CCC3(CC2)COC(C)C3N)c(CO)nc1Sc1ccnc(N)c1Cl. The second kappa shape index (κ2) is 36.0. The molecule has 8 heterocycles. The first kappa shape index (κ1) is 82.5. The molecule has 6 amide bonds. The van der Waals surface area contributed by atoms with E-state index in [1.807, 2.05) is 135 Å². The number of piperidine rings is 1. The van der Waals surface area contributed by atoms with Crippen molar-refractivity contribution in [2.45, 2.75) is 178 Å². The molecule has 1 spiro atoms. The Morgan fingerprint density at radius 1 is 0.634 bits per heavy atom. The van der Waals surface area contributed by atoms with Gasteiger partial charge in [-0.3, -0.25) is 28.8 Å². The van der Waals surface area contributed by atoms with Crippen LogP contribution in [-0.4, -0.2) is 211 Å².